The molecule has 0 aliphatic heterocycles. The molecular weight excluding hydrogens is 494 g/mol. The van der Waals surface area contributed by atoms with E-state index in [0.717, 1.165) is 5.56 Å². The fourth-order valence-corrected chi connectivity index (χ4v) is 5.10. The van der Waals surface area contributed by atoms with E-state index in [1.54, 1.807) is 44.6 Å². The van der Waals surface area contributed by atoms with Crippen molar-refractivity contribution in [1.82, 2.24) is 14.9 Å². The van der Waals surface area contributed by atoms with Gasteiger partial charge in [-0.3, -0.25) is 14.2 Å². The maximum Gasteiger partial charge on any atom is 0.276 e. The molecule has 0 fully saturated rings. The summed E-state index contributed by atoms with van der Waals surface area (Å²) in [5.74, 6) is 1.29. The van der Waals surface area contributed by atoms with Gasteiger partial charge in [-0.05, 0) is 59.8 Å². The van der Waals surface area contributed by atoms with Crippen LogP contribution in [0.2, 0.25) is 5.02 Å². The maximum absolute atomic E-state index is 13.1. The molecule has 2 aromatic carbocycles. The first-order valence-corrected chi connectivity index (χ1v) is 12.6. The third-order valence-corrected chi connectivity index (χ3v) is 7.13. The fourth-order valence-electron chi connectivity index (χ4n) is 3.37. The van der Waals surface area contributed by atoms with Gasteiger partial charge in [0.2, 0.25) is 5.91 Å². The van der Waals surface area contributed by atoms with Gasteiger partial charge in [0.15, 0.2) is 16.7 Å². The Balaban J connectivity index is 1.44. The lowest BCUT2D eigenvalue weighted by Gasteiger charge is -2.12. The number of thioether (sulfide) groups is 1. The molecule has 4 rings (SSSR count). The van der Waals surface area contributed by atoms with Crippen LogP contribution in [0.5, 0.6) is 11.5 Å². The number of ether oxygens (including phenoxy) is 2. The van der Waals surface area contributed by atoms with E-state index in [0.29, 0.717) is 50.5 Å². The summed E-state index contributed by atoms with van der Waals surface area (Å²) >= 11 is 8.58. The molecule has 0 radical (unpaired) electrons. The van der Waals surface area contributed by atoms with Crippen molar-refractivity contribution in [3.05, 3.63) is 74.9 Å². The summed E-state index contributed by atoms with van der Waals surface area (Å²) < 4.78 is 12.7. The largest absolute Gasteiger partial charge is 0.493 e. The Morgan fingerprint density at radius 3 is 2.62 bits per heavy atom. The van der Waals surface area contributed by atoms with Crippen molar-refractivity contribution in [2.24, 2.45) is 0 Å². The third-order valence-electron chi connectivity index (χ3n) is 5.05. The van der Waals surface area contributed by atoms with Crippen molar-refractivity contribution in [2.45, 2.75) is 11.6 Å². The summed E-state index contributed by atoms with van der Waals surface area (Å²) in [5, 5.41) is 5.78. The van der Waals surface area contributed by atoms with Crippen LogP contribution in [0, 0.1) is 0 Å². The zero-order chi connectivity index (χ0) is 24.1. The number of carbonyl (C=O) groups excluding carboxylic acids is 1. The van der Waals surface area contributed by atoms with Crippen molar-refractivity contribution in [3.8, 4) is 17.2 Å². The number of carbonyl (C=O) groups is 1. The number of nitrogens with zero attached hydrogens (tertiary/aromatic N) is 2. The van der Waals surface area contributed by atoms with Gasteiger partial charge in [0.25, 0.3) is 5.56 Å². The second kappa shape index (κ2) is 10.9. The Bertz CT molecular complexity index is 1370. The molecule has 176 valence electrons. The molecule has 34 heavy (non-hydrogen) atoms. The van der Waals surface area contributed by atoms with Gasteiger partial charge in [-0.15, -0.1) is 11.3 Å². The van der Waals surface area contributed by atoms with Gasteiger partial charge in [0.05, 0.1) is 31.2 Å². The summed E-state index contributed by atoms with van der Waals surface area (Å²) in [6, 6.07) is 14.4. The summed E-state index contributed by atoms with van der Waals surface area (Å²) in [7, 11) is 3.18. The predicted molar refractivity (Wildman–Crippen MR) is 137 cm³/mol. The average Bonchev–Trinajstić information content (AvgIpc) is 3.32. The first kappa shape index (κ1) is 24.1. The van der Waals surface area contributed by atoms with Gasteiger partial charge in [-0.2, -0.15) is 0 Å². The Morgan fingerprint density at radius 1 is 1.12 bits per heavy atom. The number of fused-ring (bicyclic) bond motifs is 1. The average molecular weight is 516 g/mol. The summed E-state index contributed by atoms with van der Waals surface area (Å²) in [6.45, 7) is 0.468. The first-order valence-electron chi connectivity index (χ1n) is 10.4. The van der Waals surface area contributed by atoms with E-state index in [2.05, 4.69) is 10.3 Å². The molecule has 0 aliphatic rings. The van der Waals surface area contributed by atoms with E-state index in [4.69, 9.17) is 21.1 Å². The van der Waals surface area contributed by atoms with Crippen LogP contribution in [-0.4, -0.2) is 42.0 Å². The van der Waals surface area contributed by atoms with Gasteiger partial charge in [0.1, 0.15) is 4.70 Å². The molecule has 1 amide bonds. The van der Waals surface area contributed by atoms with E-state index >= 15 is 0 Å². The van der Waals surface area contributed by atoms with Gasteiger partial charge in [-0.1, -0.05) is 29.4 Å². The number of methoxy groups -OCH3 is 2. The Hall–Kier alpha value is -3.01. The van der Waals surface area contributed by atoms with E-state index < -0.39 is 0 Å². The molecule has 1 N–H and O–H groups in total. The van der Waals surface area contributed by atoms with Gasteiger partial charge in [-0.25, -0.2) is 4.98 Å². The monoisotopic (exact) mass is 515 g/mol. The van der Waals surface area contributed by atoms with Crippen molar-refractivity contribution in [3.63, 3.8) is 0 Å². The van der Waals surface area contributed by atoms with Gasteiger partial charge < -0.3 is 14.8 Å². The van der Waals surface area contributed by atoms with Crippen LogP contribution in [0.3, 0.4) is 0 Å². The number of benzene rings is 2. The SMILES string of the molecule is COc1ccc(CCNC(=O)CSc2nc3ccsc3c(=O)n2-c2ccc(Cl)cc2)cc1OC. The molecule has 2 aromatic heterocycles. The number of thiophene rings is 1. The van der Waals surface area contributed by atoms with Gasteiger partial charge >= 0.3 is 0 Å². The first-order chi connectivity index (χ1) is 16.5. The lowest BCUT2D eigenvalue weighted by Crippen LogP contribution is -2.28. The van der Waals surface area contributed by atoms with Crippen LogP contribution in [0.1, 0.15) is 5.56 Å². The number of halogens is 1. The lowest BCUT2D eigenvalue weighted by atomic mass is 10.1. The number of aromatic nitrogens is 2. The highest BCUT2D eigenvalue weighted by atomic mass is 35.5. The standard InChI is InChI=1S/C24H22ClN3O4S2/c1-31-19-8-3-15(13-20(19)32-2)9-11-26-21(29)14-34-24-27-18-10-12-33-22(18)23(30)28(24)17-6-4-16(25)5-7-17/h3-8,10,12-13H,9,11,14H2,1-2H3,(H,26,29). The van der Waals surface area contributed by atoms with Gasteiger partial charge in [0, 0.05) is 11.6 Å². The molecule has 7 nitrogen and oxygen atoms in total. The van der Waals surface area contributed by atoms with Crippen molar-refractivity contribution < 1.29 is 14.3 Å². The minimum absolute atomic E-state index is 0.127. The molecule has 0 bridgehead atoms. The molecule has 0 saturated carbocycles. The zero-order valence-corrected chi connectivity index (χ0v) is 20.9. The Labute approximate surface area is 209 Å². The van der Waals surface area contributed by atoms with Crippen LogP contribution < -0.4 is 20.3 Å². The van der Waals surface area contributed by atoms with Crippen molar-refractivity contribution in [2.75, 3.05) is 26.5 Å². The fraction of sp³-hybridized carbons (Fsp3) is 0.208. The second-order valence-corrected chi connectivity index (χ2v) is 9.52. The van der Waals surface area contributed by atoms with Crippen LogP contribution in [0.25, 0.3) is 15.9 Å². The van der Waals surface area contributed by atoms with Crippen LogP contribution >= 0.6 is 34.7 Å². The number of hydrogen-bond acceptors (Lipinski definition) is 7. The van der Waals surface area contributed by atoms with E-state index in [-0.39, 0.29) is 17.2 Å². The van der Waals surface area contributed by atoms with Crippen LogP contribution in [-0.2, 0) is 11.2 Å². The lowest BCUT2D eigenvalue weighted by molar-refractivity contribution is -0.118. The predicted octanol–water partition coefficient (Wildman–Crippen LogP) is 4.57. The van der Waals surface area contributed by atoms with Crippen LogP contribution in [0.15, 0.2) is 63.9 Å². The molecule has 2 heterocycles. The van der Waals surface area contributed by atoms with E-state index in [9.17, 15) is 9.59 Å². The molecule has 4 aromatic rings. The molecular formula is C24H22ClN3O4S2. The minimum Gasteiger partial charge on any atom is -0.493 e. The molecule has 0 unspecified atom stereocenters. The number of nitrogens with one attached hydrogen (secondary N) is 1. The van der Waals surface area contributed by atoms with Crippen LogP contribution in [0.4, 0.5) is 0 Å². The summed E-state index contributed by atoms with van der Waals surface area (Å²) in [5.41, 5.74) is 2.12. The molecule has 0 saturated heterocycles. The Kier molecular flexibility index (Phi) is 7.77. The summed E-state index contributed by atoms with van der Waals surface area (Å²) in [6.07, 6.45) is 0.644. The zero-order valence-electron chi connectivity index (χ0n) is 18.5. The smallest absolute Gasteiger partial charge is 0.276 e. The summed E-state index contributed by atoms with van der Waals surface area (Å²) in [4.78, 5) is 30.3. The highest BCUT2D eigenvalue weighted by Gasteiger charge is 2.16. The van der Waals surface area contributed by atoms with Crippen molar-refractivity contribution >= 4 is 50.8 Å². The van der Waals surface area contributed by atoms with E-state index in [1.165, 1.54) is 27.7 Å². The highest BCUT2D eigenvalue weighted by molar-refractivity contribution is 7.99. The topological polar surface area (TPSA) is 82.5 Å². The quantitative estimate of drug-likeness (QED) is 0.260. The maximum atomic E-state index is 13.1. The minimum atomic E-state index is -0.168. The molecule has 0 atom stereocenters. The molecule has 10 heteroatoms. The van der Waals surface area contributed by atoms with E-state index in [1.807, 2.05) is 23.6 Å². The third kappa shape index (κ3) is 5.38. The van der Waals surface area contributed by atoms with Crippen molar-refractivity contribution in [1.29, 1.82) is 0 Å². The highest BCUT2D eigenvalue weighted by Crippen LogP contribution is 2.28. The number of hydrogen-bond donors (Lipinski definition) is 1. The molecule has 0 spiro atoms. The number of amides is 1. The molecule has 0 aliphatic carbocycles. The Morgan fingerprint density at radius 2 is 1.88 bits per heavy atom. The second-order valence-electron chi connectivity index (χ2n) is 7.22. The normalized spacial score (nSPS) is 10.9. The number of rotatable bonds is 9.